The van der Waals surface area contributed by atoms with E-state index >= 15 is 0 Å². The number of urea groups is 1. The molecule has 0 aliphatic rings. The average Bonchev–Trinajstić information content (AvgIpc) is 2.64. The third-order valence-corrected chi connectivity index (χ3v) is 6.65. The number of rotatable bonds is 5. The van der Waals surface area contributed by atoms with Crippen LogP contribution in [-0.2, 0) is 9.84 Å². The molecule has 1 atom stereocenters. The second-order valence-electron chi connectivity index (χ2n) is 6.23. The maximum atomic E-state index is 13.7. The largest absolute Gasteiger partial charge is 0.393 e. The molecule has 0 spiro atoms. The Morgan fingerprint density at radius 3 is 2.10 bits per heavy atom. The number of halogens is 6. The topological polar surface area (TPSA) is 92.3 Å². The van der Waals surface area contributed by atoms with Gasteiger partial charge in [0.05, 0.1) is 4.90 Å². The first-order valence-corrected chi connectivity index (χ1v) is 10.2. The van der Waals surface area contributed by atoms with Crippen molar-refractivity contribution >= 4 is 39.1 Å². The molecule has 13 heteroatoms. The Labute approximate surface area is 178 Å². The molecular weight excluding hydrogens is 471 g/mol. The minimum absolute atomic E-state index is 0.0125. The summed E-state index contributed by atoms with van der Waals surface area (Å²) in [6, 6.07) is 3.00. The molecule has 2 N–H and O–H groups in total. The van der Waals surface area contributed by atoms with E-state index in [1.54, 1.807) is 5.32 Å². The Balaban J connectivity index is 2.29. The minimum atomic E-state index is -5.51. The van der Waals surface area contributed by atoms with Gasteiger partial charge in [-0.25, -0.2) is 26.4 Å². The molecule has 1 unspecified atom stereocenters. The van der Waals surface area contributed by atoms with Crippen LogP contribution in [-0.4, -0.2) is 31.2 Å². The van der Waals surface area contributed by atoms with Crippen molar-refractivity contribution in [2.45, 2.75) is 29.6 Å². The summed E-state index contributed by atoms with van der Waals surface area (Å²) in [6.07, 6.45) is 0. The van der Waals surface area contributed by atoms with Crippen LogP contribution in [0.1, 0.15) is 21.5 Å². The molecule has 0 heterocycles. The van der Waals surface area contributed by atoms with Gasteiger partial charge in [-0.3, -0.25) is 10.1 Å². The third kappa shape index (κ3) is 4.64. The number of hydrogen-bond donors (Lipinski definition) is 2. The van der Waals surface area contributed by atoms with E-state index in [0.717, 1.165) is 31.2 Å². The first kappa shape index (κ1) is 24.5. The lowest BCUT2D eigenvalue weighted by atomic mass is 10.1. The molecule has 0 fully saturated rings. The zero-order valence-electron chi connectivity index (χ0n) is 15.8. The number of imide groups is 1. The summed E-state index contributed by atoms with van der Waals surface area (Å²) >= 11 is 4.67. The van der Waals surface area contributed by atoms with E-state index in [1.807, 2.05) is 0 Å². The van der Waals surface area contributed by atoms with Gasteiger partial charge in [-0.05, 0) is 49.2 Å². The Morgan fingerprint density at radius 2 is 1.58 bits per heavy atom. The summed E-state index contributed by atoms with van der Waals surface area (Å²) in [5.41, 5.74) is -4.87. The molecule has 3 amide bonds. The molecule has 2 aromatic rings. The van der Waals surface area contributed by atoms with Gasteiger partial charge in [0, 0.05) is 5.69 Å². The first-order valence-electron chi connectivity index (χ1n) is 8.29. The monoisotopic (exact) mass is 484 g/mol. The smallest absolute Gasteiger partial charge is 0.307 e. The van der Waals surface area contributed by atoms with E-state index in [0.29, 0.717) is 6.07 Å². The Morgan fingerprint density at radius 1 is 1.03 bits per heavy atom. The molecule has 6 nitrogen and oxygen atoms in total. The van der Waals surface area contributed by atoms with Crippen molar-refractivity contribution in [1.82, 2.24) is 5.32 Å². The van der Waals surface area contributed by atoms with Crippen molar-refractivity contribution in [1.29, 1.82) is 0 Å². The van der Waals surface area contributed by atoms with E-state index in [2.05, 4.69) is 16.9 Å². The first-order chi connectivity index (χ1) is 14.2. The molecule has 0 radical (unpaired) electrons. The molecule has 2 aromatic carbocycles. The van der Waals surface area contributed by atoms with Gasteiger partial charge in [0.25, 0.3) is 11.5 Å². The van der Waals surface area contributed by atoms with E-state index in [1.165, 1.54) is 6.92 Å². The van der Waals surface area contributed by atoms with Gasteiger partial charge in [-0.15, -0.1) is 0 Å². The summed E-state index contributed by atoms with van der Waals surface area (Å²) in [6.45, 7) is 2.39. The maximum Gasteiger partial charge on any atom is 0.393 e. The lowest BCUT2D eigenvalue weighted by molar-refractivity contribution is 0.0422. The quantitative estimate of drug-likeness (QED) is 0.484. The second kappa shape index (κ2) is 8.79. The summed E-state index contributed by atoms with van der Waals surface area (Å²) in [7, 11) is -5.51. The molecule has 0 saturated carbocycles. The fourth-order valence-electron chi connectivity index (χ4n) is 2.52. The SMILES string of the molecule is Cc1c(NC(=O)NC(=O)c2c(F)cccc2F)ccc(S(=O)(=O)C(F)(F)C(F)Cl)c1C. The lowest BCUT2D eigenvalue weighted by Gasteiger charge is -2.20. The van der Waals surface area contributed by atoms with Gasteiger partial charge in [0.2, 0.25) is 9.84 Å². The lowest BCUT2D eigenvalue weighted by Crippen LogP contribution is -2.37. The summed E-state index contributed by atoms with van der Waals surface area (Å²) < 4.78 is 91.8. The Hall–Kier alpha value is -2.73. The van der Waals surface area contributed by atoms with Crippen molar-refractivity contribution in [2.24, 2.45) is 0 Å². The highest BCUT2D eigenvalue weighted by Gasteiger charge is 2.53. The number of sulfone groups is 1. The van der Waals surface area contributed by atoms with Crippen molar-refractivity contribution in [3.8, 4) is 0 Å². The number of hydrogen-bond acceptors (Lipinski definition) is 4. The number of carbonyl (C=O) groups excluding carboxylic acids is 2. The molecule has 0 saturated heterocycles. The fourth-order valence-corrected chi connectivity index (χ4v) is 4.20. The van der Waals surface area contributed by atoms with Gasteiger partial charge in [-0.2, -0.15) is 8.78 Å². The van der Waals surface area contributed by atoms with Crippen LogP contribution in [0.5, 0.6) is 0 Å². The number of alkyl halides is 4. The van der Waals surface area contributed by atoms with Crippen LogP contribution in [0.15, 0.2) is 35.2 Å². The molecule has 0 aliphatic carbocycles. The summed E-state index contributed by atoms with van der Waals surface area (Å²) in [5.74, 6) is -3.81. The zero-order valence-corrected chi connectivity index (χ0v) is 17.3. The molecule has 0 bridgehead atoms. The summed E-state index contributed by atoms with van der Waals surface area (Å²) in [4.78, 5) is 23.0. The van der Waals surface area contributed by atoms with E-state index in [-0.39, 0.29) is 16.8 Å². The van der Waals surface area contributed by atoms with Crippen molar-refractivity contribution < 1.29 is 40.0 Å². The average molecular weight is 485 g/mol. The van der Waals surface area contributed by atoms with Crippen LogP contribution in [0, 0.1) is 25.5 Å². The van der Waals surface area contributed by atoms with Crippen LogP contribution in [0.25, 0.3) is 0 Å². The van der Waals surface area contributed by atoms with Crippen LogP contribution in [0.4, 0.5) is 32.4 Å². The van der Waals surface area contributed by atoms with Gasteiger partial charge < -0.3 is 5.32 Å². The third-order valence-electron chi connectivity index (χ3n) is 4.30. The molecule has 31 heavy (non-hydrogen) atoms. The van der Waals surface area contributed by atoms with Crippen LogP contribution >= 0.6 is 11.6 Å². The highest BCUT2D eigenvalue weighted by Crippen LogP contribution is 2.38. The van der Waals surface area contributed by atoms with Gasteiger partial charge in [0.1, 0.15) is 17.2 Å². The number of anilines is 1. The van der Waals surface area contributed by atoms with Crippen LogP contribution < -0.4 is 10.6 Å². The van der Waals surface area contributed by atoms with E-state index in [9.17, 15) is 40.0 Å². The standard InChI is InChI=1S/C18H14ClF5N2O4S/c1-8-9(2)13(31(29,30)18(23,24)16(19)22)7-6-12(8)25-17(28)26-15(27)14-10(20)4-3-5-11(14)21/h3-7,16H,1-2H3,(H2,25,26,27,28). The van der Waals surface area contributed by atoms with Gasteiger partial charge in [0.15, 0.2) is 0 Å². The number of nitrogens with one attached hydrogen (secondary N) is 2. The Bertz CT molecular complexity index is 1140. The van der Waals surface area contributed by atoms with Crippen molar-refractivity contribution in [2.75, 3.05) is 5.32 Å². The second-order valence-corrected chi connectivity index (χ2v) is 8.61. The minimum Gasteiger partial charge on any atom is -0.307 e. The molecular formula is C18H14ClF5N2O4S. The molecule has 2 rings (SSSR count). The van der Waals surface area contributed by atoms with Crippen molar-refractivity contribution in [3.63, 3.8) is 0 Å². The predicted molar refractivity (Wildman–Crippen MR) is 102 cm³/mol. The maximum absolute atomic E-state index is 13.7. The summed E-state index contributed by atoms with van der Waals surface area (Å²) in [5, 5.41) is -1.09. The molecule has 0 aromatic heterocycles. The Kier molecular flexibility index (Phi) is 6.96. The van der Waals surface area contributed by atoms with Gasteiger partial charge >= 0.3 is 11.3 Å². The highest BCUT2D eigenvalue weighted by atomic mass is 35.5. The van der Waals surface area contributed by atoms with Crippen LogP contribution in [0.2, 0.25) is 0 Å². The number of carbonyl (C=O) groups is 2. The zero-order chi connectivity index (χ0) is 23.7. The molecule has 0 aliphatic heterocycles. The van der Waals surface area contributed by atoms with Crippen molar-refractivity contribution in [3.05, 3.63) is 58.7 Å². The molecule has 168 valence electrons. The van der Waals surface area contributed by atoms with E-state index in [4.69, 9.17) is 0 Å². The fraction of sp³-hybridized carbons (Fsp3) is 0.222. The van der Waals surface area contributed by atoms with Crippen LogP contribution in [0.3, 0.4) is 0 Å². The number of amides is 3. The predicted octanol–water partition coefficient (Wildman–Crippen LogP) is 4.44. The normalized spacial score (nSPS) is 12.9. The van der Waals surface area contributed by atoms with Gasteiger partial charge in [-0.1, -0.05) is 17.7 Å². The van der Waals surface area contributed by atoms with E-state index < -0.39 is 54.8 Å². The number of benzene rings is 2. The highest BCUT2D eigenvalue weighted by molar-refractivity contribution is 7.92.